The molecule has 1 amide bonds. The Morgan fingerprint density at radius 3 is 2.85 bits per heavy atom. The lowest BCUT2D eigenvalue weighted by Gasteiger charge is -2.18. The summed E-state index contributed by atoms with van der Waals surface area (Å²) in [6.45, 7) is 0.421. The fourth-order valence-electron chi connectivity index (χ4n) is 2.54. The first-order chi connectivity index (χ1) is 13.1. The van der Waals surface area contributed by atoms with Gasteiger partial charge in [0, 0.05) is 18.9 Å². The zero-order chi connectivity index (χ0) is 19.2. The second-order valence-corrected chi connectivity index (χ2v) is 5.78. The zero-order valence-corrected chi connectivity index (χ0v) is 14.3. The molecule has 0 aliphatic carbocycles. The topological polar surface area (TPSA) is 59.5 Å². The molecular weight excluding hydrogens is 354 g/mol. The van der Waals surface area contributed by atoms with E-state index < -0.39 is 11.6 Å². The van der Waals surface area contributed by atoms with Gasteiger partial charge in [-0.1, -0.05) is 5.92 Å². The van der Waals surface area contributed by atoms with Gasteiger partial charge in [-0.15, -0.1) is 6.42 Å². The number of furan rings is 1. The molecule has 2 aromatic heterocycles. The van der Waals surface area contributed by atoms with Crippen molar-refractivity contribution in [2.45, 2.75) is 19.4 Å². The molecule has 1 aromatic carbocycles. The predicted octanol–water partition coefficient (Wildman–Crippen LogP) is 3.81. The molecular formula is C20H16F2N2O3. The molecule has 0 radical (unpaired) electrons. The number of carbonyl (C=O) groups excluding carboxylic acids is 1. The van der Waals surface area contributed by atoms with E-state index in [1.165, 1.54) is 23.4 Å². The average Bonchev–Trinajstić information content (AvgIpc) is 3.31. The normalized spacial score (nSPS) is 10.6. The van der Waals surface area contributed by atoms with Crippen molar-refractivity contribution in [3.8, 4) is 23.7 Å². The molecule has 2 heterocycles. The Bertz CT molecular complexity index is 958. The van der Waals surface area contributed by atoms with Crippen LogP contribution in [0.4, 0.5) is 8.78 Å². The Hall–Kier alpha value is -3.40. The van der Waals surface area contributed by atoms with Gasteiger partial charge in [0.15, 0.2) is 11.7 Å². The summed E-state index contributed by atoms with van der Waals surface area (Å²) < 4.78 is 37.5. The second-order valence-electron chi connectivity index (χ2n) is 5.78. The fourth-order valence-corrected chi connectivity index (χ4v) is 2.54. The lowest BCUT2D eigenvalue weighted by molar-refractivity contribution is -0.131. The molecule has 27 heavy (non-hydrogen) atoms. The monoisotopic (exact) mass is 370 g/mol. The van der Waals surface area contributed by atoms with Gasteiger partial charge in [0.05, 0.1) is 31.1 Å². The molecule has 3 rings (SSSR count). The summed E-state index contributed by atoms with van der Waals surface area (Å²) in [7, 11) is 0. The third kappa shape index (κ3) is 4.61. The van der Waals surface area contributed by atoms with Crippen molar-refractivity contribution >= 4 is 5.91 Å². The molecule has 138 valence electrons. The third-order valence-corrected chi connectivity index (χ3v) is 3.86. The van der Waals surface area contributed by atoms with Gasteiger partial charge in [-0.05, 0) is 24.3 Å². The van der Waals surface area contributed by atoms with Crippen molar-refractivity contribution in [3.63, 3.8) is 0 Å². The van der Waals surface area contributed by atoms with Gasteiger partial charge < -0.3 is 13.7 Å². The van der Waals surface area contributed by atoms with Crippen LogP contribution in [0.15, 0.2) is 51.6 Å². The summed E-state index contributed by atoms with van der Waals surface area (Å²) in [4.78, 5) is 18.0. The lowest BCUT2D eigenvalue weighted by Crippen LogP contribution is -2.31. The minimum Gasteiger partial charge on any atom is -0.467 e. The Kier molecular flexibility index (Phi) is 5.67. The van der Waals surface area contributed by atoms with E-state index in [1.54, 1.807) is 12.1 Å². The Labute approximate surface area is 154 Å². The van der Waals surface area contributed by atoms with Gasteiger partial charge in [-0.3, -0.25) is 4.79 Å². The number of hydrogen-bond acceptors (Lipinski definition) is 4. The Morgan fingerprint density at radius 1 is 1.30 bits per heavy atom. The molecule has 0 bridgehead atoms. The third-order valence-electron chi connectivity index (χ3n) is 3.86. The maximum absolute atomic E-state index is 13.8. The van der Waals surface area contributed by atoms with E-state index in [0.717, 1.165) is 12.1 Å². The highest BCUT2D eigenvalue weighted by molar-refractivity contribution is 5.76. The minimum absolute atomic E-state index is 0.105. The summed E-state index contributed by atoms with van der Waals surface area (Å²) in [6.07, 6.45) is 8.54. The van der Waals surface area contributed by atoms with Gasteiger partial charge >= 0.3 is 0 Å². The SMILES string of the molecule is C#CCN(Cc1ccco1)C(=O)CCc1ncc(-c2ccc(F)cc2F)o1. The molecule has 0 saturated heterocycles. The molecule has 3 aromatic rings. The Balaban J connectivity index is 1.63. The van der Waals surface area contributed by atoms with Crippen LogP contribution in [0.3, 0.4) is 0 Å². The van der Waals surface area contributed by atoms with Crippen LogP contribution in [0.5, 0.6) is 0 Å². The van der Waals surface area contributed by atoms with E-state index in [-0.39, 0.29) is 49.1 Å². The van der Waals surface area contributed by atoms with Crippen molar-refractivity contribution in [2.75, 3.05) is 6.54 Å². The molecule has 0 atom stereocenters. The number of nitrogens with zero attached hydrogens (tertiary/aromatic N) is 2. The fraction of sp³-hybridized carbons (Fsp3) is 0.200. The van der Waals surface area contributed by atoms with Crippen LogP contribution >= 0.6 is 0 Å². The van der Waals surface area contributed by atoms with Crippen molar-refractivity contribution < 1.29 is 22.4 Å². The minimum atomic E-state index is -0.743. The highest BCUT2D eigenvalue weighted by Crippen LogP contribution is 2.24. The molecule has 0 N–H and O–H groups in total. The number of aryl methyl sites for hydroxylation is 1. The van der Waals surface area contributed by atoms with Crippen molar-refractivity contribution in [2.24, 2.45) is 0 Å². The van der Waals surface area contributed by atoms with Crippen LogP contribution in [0.25, 0.3) is 11.3 Å². The van der Waals surface area contributed by atoms with E-state index in [1.807, 2.05) is 0 Å². The zero-order valence-electron chi connectivity index (χ0n) is 14.3. The van der Waals surface area contributed by atoms with Crippen LogP contribution in [-0.2, 0) is 17.8 Å². The van der Waals surface area contributed by atoms with Gasteiger partial charge in [0.1, 0.15) is 17.4 Å². The van der Waals surface area contributed by atoms with E-state index in [9.17, 15) is 13.6 Å². The molecule has 5 nitrogen and oxygen atoms in total. The van der Waals surface area contributed by atoms with E-state index in [4.69, 9.17) is 15.3 Å². The van der Waals surface area contributed by atoms with Gasteiger partial charge in [-0.25, -0.2) is 13.8 Å². The maximum atomic E-state index is 13.8. The summed E-state index contributed by atoms with van der Waals surface area (Å²) in [5, 5.41) is 0. The number of rotatable bonds is 7. The highest BCUT2D eigenvalue weighted by Gasteiger charge is 2.17. The lowest BCUT2D eigenvalue weighted by atomic mass is 10.2. The van der Waals surface area contributed by atoms with Gasteiger partial charge in [0.25, 0.3) is 0 Å². The summed E-state index contributed by atoms with van der Waals surface area (Å²) in [5.41, 5.74) is 0.105. The second kappa shape index (κ2) is 8.32. The number of halogens is 2. The molecule has 0 unspecified atom stereocenters. The first kappa shape index (κ1) is 18.4. The highest BCUT2D eigenvalue weighted by atomic mass is 19.1. The number of aromatic nitrogens is 1. The summed E-state index contributed by atoms with van der Waals surface area (Å²) >= 11 is 0. The molecule has 0 spiro atoms. The van der Waals surface area contributed by atoms with Crippen LogP contribution in [0.1, 0.15) is 18.1 Å². The molecule has 0 aliphatic heterocycles. The van der Waals surface area contributed by atoms with Gasteiger partial charge in [0.2, 0.25) is 5.91 Å². The van der Waals surface area contributed by atoms with Crippen LogP contribution < -0.4 is 0 Å². The summed E-state index contributed by atoms with van der Waals surface area (Å²) in [6, 6.07) is 6.67. The number of carbonyl (C=O) groups is 1. The first-order valence-electron chi connectivity index (χ1n) is 8.20. The van der Waals surface area contributed by atoms with Crippen molar-refractivity contribution in [1.82, 2.24) is 9.88 Å². The predicted molar refractivity (Wildman–Crippen MR) is 93.1 cm³/mol. The van der Waals surface area contributed by atoms with E-state index in [0.29, 0.717) is 5.76 Å². The molecule has 0 fully saturated rings. The molecule has 7 heteroatoms. The van der Waals surface area contributed by atoms with Crippen LogP contribution in [0.2, 0.25) is 0 Å². The van der Waals surface area contributed by atoms with Crippen molar-refractivity contribution in [3.05, 3.63) is 66.1 Å². The van der Waals surface area contributed by atoms with Crippen LogP contribution in [0, 0.1) is 24.0 Å². The van der Waals surface area contributed by atoms with E-state index in [2.05, 4.69) is 10.9 Å². The molecule has 0 saturated carbocycles. The Morgan fingerprint density at radius 2 is 2.15 bits per heavy atom. The maximum Gasteiger partial charge on any atom is 0.224 e. The number of oxazole rings is 1. The number of amides is 1. The molecule has 0 aliphatic rings. The number of hydrogen-bond donors (Lipinski definition) is 0. The van der Waals surface area contributed by atoms with Crippen molar-refractivity contribution in [1.29, 1.82) is 0 Å². The first-order valence-corrected chi connectivity index (χ1v) is 8.20. The average molecular weight is 370 g/mol. The number of terminal acetylenes is 1. The summed E-state index contributed by atoms with van der Waals surface area (Å²) in [5.74, 6) is 1.93. The standard InChI is InChI=1S/C20H16F2N2O3/c1-2-9-24(13-15-4-3-10-26-15)20(25)8-7-19-23-12-18(27-19)16-6-5-14(21)11-17(16)22/h1,3-6,10-12H,7-9,13H2. The van der Waals surface area contributed by atoms with Gasteiger partial charge in [-0.2, -0.15) is 0 Å². The smallest absolute Gasteiger partial charge is 0.224 e. The largest absolute Gasteiger partial charge is 0.467 e. The van der Waals surface area contributed by atoms with E-state index >= 15 is 0 Å². The quantitative estimate of drug-likeness (QED) is 0.594. The number of benzene rings is 1. The van der Waals surface area contributed by atoms with Crippen LogP contribution in [-0.4, -0.2) is 22.3 Å².